The molecular formula is C16H21F3N2O. The first-order chi connectivity index (χ1) is 10.4. The predicted octanol–water partition coefficient (Wildman–Crippen LogP) is 4.90. The number of hydrogen-bond acceptors (Lipinski definition) is 3. The number of nitrogens with zero attached hydrogens (tertiary/aromatic N) is 1. The molecule has 3 nitrogen and oxygen atoms in total. The zero-order chi connectivity index (χ0) is 16.6. The molecule has 1 rings (SSSR count). The summed E-state index contributed by atoms with van der Waals surface area (Å²) in [4.78, 5) is 0. The van der Waals surface area contributed by atoms with Crippen LogP contribution in [0.3, 0.4) is 0 Å². The summed E-state index contributed by atoms with van der Waals surface area (Å²) in [7, 11) is 1.48. The zero-order valence-electron chi connectivity index (χ0n) is 12.8. The van der Waals surface area contributed by atoms with Gasteiger partial charge in [-0.1, -0.05) is 26.2 Å². The quantitative estimate of drug-likeness (QED) is 0.694. The summed E-state index contributed by atoms with van der Waals surface area (Å²) in [5.41, 5.74) is -2.31. The van der Waals surface area contributed by atoms with Crippen LogP contribution >= 0.6 is 0 Å². The van der Waals surface area contributed by atoms with Gasteiger partial charge in [-0.05, 0) is 37.1 Å². The summed E-state index contributed by atoms with van der Waals surface area (Å²) in [5.74, 6) is 0.545. The Morgan fingerprint density at radius 1 is 1.14 bits per heavy atom. The maximum Gasteiger partial charge on any atom is 0.425 e. The number of methoxy groups -OCH3 is 1. The Morgan fingerprint density at radius 2 is 1.77 bits per heavy atom. The number of alkyl halides is 3. The smallest absolute Gasteiger partial charge is 0.425 e. The van der Waals surface area contributed by atoms with Crippen molar-refractivity contribution >= 4 is 5.69 Å². The molecule has 22 heavy (non-hydrogen) atoms. The summed E-state index contributed by atoms with van der Waals surface area (Å²) in [6, 6.07) is 7.50. The molecule has 0 aliphatic carbocycles. The minimum atomic E-state index is -4.64. The molecule has 0 amide bonds. The Bertz CT molecular complexity index is 494. The van der Waals surface area contributed by atoms with Crippen LogP contribution in [0.4, 0.5) is 18.9 Å². The fourth-order valence-electron chi connectivity index (χ4n) is 2.16. The molecule has 0 saturated heterocycles. The van der Waals surface area contributed by atoms with E-state index >= 15 is 0 Å². The molecule has 0 aromatic heterocycles. The van der Waals surface area contributed by atoms with Crippen LogP contribution in [0, 0.1) is 11.3 Å². The molecule has 1 N–H and O–H groups in total. The van der Waals surface area contributed by atoms with Crippen molar-refractivity contribution in [1.82, 2.24) is 0 Å². The Labute approximate surface area is 129 Å². The van der Waals surface area contributed by atoms with Crippen molar-refractivity contribution in [2.45, 2.75) is 50.7 Å². The van der Waals surface area contributed by atoms with E-state index < -0.39 is 11.7 Å². The van der Waals surface area contributed by atoms with Gasteiger partial charge in [0.2, 0.25) is 5.54 Å². The fourth-order valence-corrected chi connectivity index (χ4v) is 2.16. The topological polar surface area (TPSA) is 45.0 Å². The molecule has 0 spiro atoms. The maximum atomic E-state index is 13.4. The molecule has 0 aliphatic rings. The van der Waals surface area contributed by atoms with Crippen molar-refractivity contribution in [3.8, 4) is 11.8 Å². The van der Waals surface area contributed by atoms with E-state index in [9.17, 15) is 18.4 Å². The van der Waals surface area contributed by atoms with Crippen molar-refractivity contribution < 1.29 is 17.9 Å². The van der Waals surface area contributed by atoms with Crippen molar-refractivity contribution in [2.24, 2.45) is 0 Å². The van der Waals surface area contributed by atoms with E-state index in [1.807, 2.05) is 6.92 Å². The fraction of sp³-hybridized carbons (Fsp3) is 0.562. The summed E-state index contributed by atoms with van der Waals surface area (Å²) in [5, 5.41) is 11.5. The van der Waals surface area contributed by atoms with Crippen molar-refractivity contribution in [3.63, 3.8) is 0 Å². The van der Waals surface area contributed by atoms with Gasteiger partial charge >= 0.3 is 6.18 Å². The monoisotopic (exact) mass is 314 g/mol. The lowest BCUT2D eigenvalue weighted by Gasteiger charge is -2.31. The molecule has 0 aliphatic heterocycles. The van der Waals surface area contributed by atoms with Crippen LogP contribution in [0.2, 0.25) is 0 Å². The Morgan fingerprint density at radius 3 is 2.23 bits per heavy atom. The van der Waals surface area contributed by atoms with Crippen molar-refractivity contribution in [1.29, 1.82) is 5.26 Å². The van der Waals surface area contributed by atoms with Gasteiger partial charge in [0, 0.05) is 5.69 Å². The molecule has 6 heteroatoms. The van der Waals surface area contributed by atoms with Gasteiger partial charge in [-0.2, -0.15) is 18.4 Å². The minimum absolute atomic E-state index is 0.246. The summed E-state index contributed by atoms with van der Waals surface area (Å²) < 4.78 is 45.2. The second-order valence-electron chi connectivity index (χ2n) is 5.18. The minimum Gasteiger partial charge on any atom is -0.497 e. The highest BCUT2D eigenvalue weighted by atomic mass is 19.4. The Hall–Kier alpha value is -1.90. The molecule has 122 valence electrons. The van der Waals surface area contributed by atoms with E-state index in [2.05, 4.69) is 5.32 Å². The SMILES string of the molecule is CCCCCCC(C#N)(Nc1ccc(OC)cc1)C(F)(F)F. The predicted molar refractivity (Wildman–Crippen MR) is 79.8 cm³/mol. The number of anilines is 1. The third-order valence-corrected chi connectivity index (χ3v) is 3.53. The number of rotatable bonds is 8. The largest absolute Gasteiger partial charge is 0.497 e. The van der Waals surface area contributed by atoms with E-state index in [1.165, 1.54) is 25.3 Å². The number of hydrogen-bond donors (Lipinski definition) is 1. The summed E-state index contributed by atoms with van der Waals surface area (Å²) >= 11 is 0. The van der Waals surface area contributed by atoms with Crippen molar-refractivity contribution in [2.75, 3.05) is 12.4 Å². The van der Waals surface area contributed by atoms with Crippen LogP contribution < -0.4 is 10.1 Å². The van der Waals surface area contributed by atoms with Gasteiger partial charge in [0.25, 0.3) is 0 Å². The number of unbranched alkanes of at least 4 members (excludes halogenated alkanes) is 3. The number of benzene rings is 1. The Kier molecular flexibility index (Phi) is 6.54. The molecule has 0 fully saturated rings. The van der Waals surface area contributed by atoms with Crippen LogP contribution in [-0.4, -0.2) is 18.8 Å². The first-order valence-corrected chi connectivity index (χ1v) is 7.28. The first kappa shape index (κ1) is 18.1. The lowest BCUT2D eigenvalue weighted by Crippen LogP contribution is -2.50. The molecule has 1 aromatic carbocycles. The number of nitriles is 1. The van der Waals surface area contributed by atoms with Gasteiger partial charge in [0.05, 0.1) is 7.11 Å². The average molecular weight is 314 g/mol. The first-order valence-electron chi connectivity index (χ1n) is 7.28. The lowest BCUT2D eigenvalue weighted by atomic mass is 9.92. The molecule has 0 heterocycles. The van der Waals surface area contributed by atoms with Crippen molar-refractivity contribution in [3.05, 3.63) is 24.3 Å². The zero-order valence-corrected chi connectivity index (χ0v) is 12.8. The van der Waals surface area contributed by atoms with E-state index in [-0.39, 0.29) is 12.1 Å². The standard InChI is InChI=1S/C16H21F3N2O/c1-3-4-5-6-11-15(12-20,16(17,18)19)21-13-7-9-14(22-2)10-8-13/h7-10,21H,3-6,11H2,1-2H3. The van der Waals surface area contributed by atoms with Gasteiger partial charge in [0.15, 0.2) is 0 Å². The number of halogens is 3. The van der Waals surface area contributed by atoms with Crippen LogP contribution in [0.25, 0.3) is 0 Å². The third kappa shape index (κ3) is 4.55. The van der Waals surface area contributed by atoms with Gasteiger partial charge < -0.3 is 10.1 Å². The third-order valence-electron chi connectivity index (χ3n) is 3.53. The molecule has 1 unspecified atom stereocenters. The molecular weight excluding hydrogens is 293 g/mol. The molecule has 0 bridgehead atoms. The second kappa shape index (κ2) is 7.92. The second-order valence-corrected chi connectivity index (χ2v) is 5.18. The summed E-state index contributed by atoms with van der Waals surface area (Å²) in [6.45, 7) is 1.98. The number of nitrogens with one attached hydrogen (secondary N) is 1. The highest BCUT2D eigenvalue weighted by Crippen LogP contribution is 2.37. The normalized spacial score (nSPS) is 14.0. The highest BCUT2D eigenvalue weighted by molar-refractivity contribution is 5.50. The van der Waals surface area contributed by atoms with Gasteiger partial charge in [-0.3, -0.25) is 0 Å². The van der Waals surface area contributed by atoms with E-state index in [0.29, 0.717) is 18.6 Å². The van der Waals surface area contributed by atoms with Gasteiger partial charge in [0.1, 0.15) is 11.8 Å². The summed E-state index contributed by atoms with van der Waals surface area (Å²) in [6.07, 6.45) is -2.09. The van der Waals surface area contributed by atoms with E-state index in [4.69, 9.17) is 4.74 Å². The van der Waals surface area contributed by atoms with Crippen LogP contribution in [0.15, 0.2) is 24.3 Å². The lowest BCUT2D eigenvalue weighted by molar-refractivity contribution is -0.164. The van der Waals surface area contributed by atoms with Gasteiger partial charge in [-0.15, -0.1) is 0 Å². The van der Waals surface area contributed by atoms with Crippen LogP contribution in [0.5, 0.6) is 5.75 Å². The maximum absolute atomic E-state index is 13.4. The highest BCUT2D eigenvalue weighted by Gasteiger charge is 2.55. The van der Waals surface area contributed by atoms with E-state index in [0.717, 1.165) is 12.8 Å². The van der Waals surface area contributed by atoms with Crippen LogP contribution in [-0.2, 0) is 0 Å². The Balaban J connectivity index is 2.91. The average Bonchev–Trinajstić information content (AvgIpc) is 2.50. The molecule has 0 saturated carbocycles. The van der Waals surface area contributed by atoms with Gasteiger partial charge in [-0.25, -0.2) is 0 Å². The van der Waals surface area contributed by atoms with E-state index in [1.54, 1.807) is 12.1 Å². The molecule has 0 radical (unpaired) electrons. The number of ether oxygens (including phenoxy) is 1. The molecule has 1 aromatic rings. The van der Waals surface area contributed by atoms with Crippen LogP contribution in [0.1, 0.15) is 39.0 Å². The molecule has 1 atom stereocenters.